The van der Waals surface area contributed by atoms with Crippen LogP contribution in [0.4, 0.5) is 0 Å². The van der Waals surface area contributed by atoms with Gasteiger partial charge in [-0.15, -0.1) is 0 Å². The Balaban J connectivity index is 1.71. The van der Waals surface area contributed by atoms with Crippen molar-refractivity contribution >= 4 is 16.8 Å². The molecule has 0 saturated heterocycles. The number of carbonyl (C=O) groups excluding carboxylic acids is 1. The maximum absolute atomic E-state index is 12.1. The third-order valence-corrected chi connectivity index (χ3v) is 4.05. The molecule has 1 aromatic heterocycles. The molecule has 1 aromatic carbocycles. The highest BCUT2D eigenvalue weighted by Gasteiger charge is 2.31. The summed E-state index contributed by atoms with van der Waals surface area (Å²) in [6.45, 7) is 3.03. The molecule has 2 aromatic rings. The van der Waals surface area contributed by atoms with E-state index in [4.69, 9.17) is 0 Å². The molecule has 1 aliphatic rings. The summed E-state index contributed by atoms with van der Waals surface area (Å²) in [4.78, 5) is 15.2. The van der Waals surface area contributed by atoms with Crippen LogP contribution in [0.3, 0.4) is 0 Å². The average Bonchev–Trinajstić information content (AvgIpc) is 2.80. The van der Waals surface area contributed by atoms with Gasteiger partial charge in [-0.3, -0.25) is 4.79 Å². The summed E-state index contributed by atoms with van der Waals surface area (Å²) < 4.78 is 0. The Morgan fingerprint density at radius 1 is 1.39 bits per heavy atom. The van der Waals surface area contributed by atoms with Gasteiger partial charge in [-0.2, -0.15) is 0 Å². The molecule has 3 rings (SSSR count). The molecule has 3 heteroatoms. The molecule has 1 aliphatic carbocycles. The quantitative estimate of drug-likeness (QED) is 0.853. The summed E-state index contributed by atoms with van der Waals surface area (Å²) in [5.41, 5.74) is 2.07. The molecule has 0 spiro atoms. The summed E-state index contributed by atoms with van der Waals surface area (Å²) in [6, 6.07) is 7.78. The Hall–Kier alpha value is -1.77. The van der Waals surface area contributed by atoms with Crippen LogP contribution >= 0.6 is 0 Å². The van der Waals surface area contributed by atoms with Crippen LogP contribution < -0.4 is 5.32 Å². The first-order chi connectivity index (χ1) is 8.66. The average molecular weight is 242 g/mol. The first-order valence-corrected chi connectivity index (χ1v) is 6.52. The summed E-state index contributed by atoms with van der Waals surface area (Å²) in [6.07, 6.45) is 5.63. The number of aromatic nitrogens is 1. The van der Waals surface area contributed by atoms with Gasteiger partial charge in [-0.25, -0.2) is 0 Å². The monoisotopic (exact) mass is 242 g/mol. The van der Waals surface area contributed by atoms with E-state index in [1.807, 2.05) is 30.5 Å². The number of hydrogen-bond acceptors (Lipinski definition) is 1. The number of benzene rings is 1. The summed E-state index contributed by atoms with van der Waals surface area (Å²) >= 11 is 0. The van der Waals surface area contributed by atoms with E-state index < -0.39 is 0 Å². The zero-order chi connectivity index (χ0) is 12.6. The predicted molar refractivity (Wildman–Crippen MR) is 72.6 cm³/mol. The number of nitrogens with one attached hydrogen (secondary N) is 2. The highest BCUT2D eigenvalue weighted by atomic mass is 16.1. The number of hydrogen-bond donors (Lipinski definition) is 2. The maximum Gasteiger partial charge on any atom is 0.251 e. The van der Waals surface area contributed by atoms with Gasteiger partial charge in [0.15, 0.2) is 0 Å². The van der Waals surface area contributed by atoms with E-state index in [0.717, 1.165) is 23.0 Å². The van der Waals surface area contributed by atoms with E-state index in [2.05, 4.69) is 17.2 Å². The molecule has 1 saturated carbocycles. The molecule has 0 radical (unpaired) electrons. The smallest absolute Gasteiger partial charge is 0.251 e. The fourth-order valence-electron chi connectivity index (χ4n) is 2.54. The first kappa shape index (κ1) is 11.3. The number of fused-ring (bicyclic) bond motifs is 1. The molecule has 0 unspecified atom stereocenters. The largest absolute Gasteiger partial charge is 0.361 e. The van der Waals surface area contributed by atoms with Gasteiger partial charge in [0.05, 0.1) is 0 Å². The Morgan fingerprint density at radius 2 is 2.22 bits per heavy atom. The number of amides is 1. The van der Waals surface area contributed by atoms with Crippen molar-refractivity contribution in [2.75, 3.05) is 6.54 Å². The molecular weight excluding hydrogens is 224 g/mol. The normalized spacial score (nSPS) is 17.4. The van der Waals surface area contributed by atoms with Gasteiger partial charge in [-0.1, -0.05) is 19.4 Å². The second-order valence-electron chi connectivity index (χ2n) is 5.63. The van der Waals surface area contributed by atoms with E-state index >= 15 is 0 Å². The molecule has 1 heterocycles. The Kier molecular flexibility index (Phi) is 2.62. The first-order valence-electron chi connectivity index (χ1n) is 6.52. The molecule has 3 nitrogen and oxygen atoms in total. The van der Waals surface area contributed by atoms with Gasteiger partial charge >= 0.3 is 0 Å². The summed E-state index contributed by atoms with van der Waals surface area (Å²) in [7, 11) is 0. The van der Waals surface area contributed by atoms with E-state index in [-0.39, 0.29) is 5.91 Å². The van der Waals surface area contributed by atoms with Crippen molar-refractivity contribution in [2.45, 2.75) is 26.2 Å². The van der Waals surface area contributed by atoms with Crippen molar-refractivity contribution in [1.29, 1.82) is 0 Å². The van der Waals surface area contributed by atoms with Crippen LogP contribution in [0.2, 0.25) is 0 Å². The predicted octanol–water partition coefficient (Wildman–Crippen LogP) is 3.09. The standard InChI is InChI=1S/C15H18N2O/c1-15(6-2-7-15)10-17-14(18)12-4-3-11-5-8-16-13(11)9-12/h3-5,8-9,16H,2,6-7,10H2,1H3,(H,17,18). The molecule has 18 heavy (non-hydrogen) atoms. The lowest BCUT2D eigenvalue weighted by atomic mass is 9.70. The lowest BCUT2D eigenvalue weighted by Crippen LogP contribution is -2.39. The van der Waals surface area contributed by atoms with Gasteiger partial charge in [0.1, 0.15) is 0 Å². The van der Waals surface area contributed by atoms with E-state index in [9.17, 15) is 4.79 Å². The Morgan fingerprint density at radius 3 is 2.94 bits per heavy atom. The van der Waals surface area contributed by atoms with Crippen molar-refractivity contribution in [3.05, 3.63) is 36.0 Å². The number of rotatable bonds is 3. The minimum atomic E-state index is 0.0274. The molecule has 0 bridgehead atoms. The van der Waals surface area contributed by atoms with Crippen LogP contribution in [-0.4, -0.2) is 17.4 Å². The molecule has 1 amide bonds. The minimum Gasteiger partial charge on any atom is -0.361 e. The highest BCUT2D eigenvalue weighted by molar-refractivity contribution is 5.97. The van der Waals surface area contributed by atoms with Crippen molar-refractivity contribution in [1.82, 2.24) is 10.3 Å². The van der Waals surface area contributed by atoms with Crippen LogP contribution in [0, 0.1) is 5.41 Å². The van der Waals surface area contributed by atoms with E-state index in [1.54, 1.807) is 0 Å². The van der Waals surface area contributed by atoms with Crippen molar-refractivity contribution < 1.29 is 4.79 Å². The molecular formula is C15H18N2O. The third-order valence-electron chi connectivity index (χ3n) is 4.05. The van der Waals surface area contributed by atoms with Gasteiger partial charge in [-0.05, 0) is 41.8 Å². The number of carbonyl (C=O) groups is 1. The minimum absolute atomic E-state index is 0.0274. The van der Waals surface area contributed by atoms with Crippen LogP contribution in [-0.2, 0) is 0 Å². The van der Waals surface area contributed by atoms with Crippen molar-refractivity contribution in [3.63, 3.8) is 0 Å². The maximum atomic E-state index is 12.1. The SMILES string of the molecule is CC1(CNC(=O)c2ccc3cc[nH]c3c2)CCC1. The highest BCUT2D eigenvalue weighted by Crippen LogP contribution is 2.39. The summed E-state index contributed by atoms with van der Waals surface area (Å²) in [5, 5.41) is 4.18. The number of H-pyrrole nitrogens is 1. The van der Waals surface area contributed by atoms with E-state index in [1.165, 1.54) is 19.3 Å². The van der Waals surface area contributed by atoms with Crippen molar-refractivity contribution in [2.24, 2.45) is 5.41 Å². The third kappa shape index (κ3) is 2.01. The van der Waals surface area contributed by atoms with Crippen LogP contribution in [0.5, 0.6) is 0 Å². The zero-order valence-corrected chi connectivity index (χ0v) is 10.6. The Labute approximate surface area is 107 Å². The molecule has 2 N–H and O–H groups in total. The van der Waals surface area contributed by atoms with Crippen molar-refractivity contribution in [3.8, 4) is 0 Å². The van der Waals surface area contributed by atoms with E-state index in [0.29, 0.717) is 5.41 Å². The number of aromatic amines is 1. The fraction of sp³-hybridized carbons (Fsp3) is 0.400. The Bertz CT molecular complexity index is 581. The molecule has 94 valence electrons. The van der Waals surface area contributed by atoms with Crippen LogP contribution in [0.25, 0.3) is 10.9 Å². The second-order valence-corrected chi connectivity index (χ2v) is 5.63. The second kappa shape index (κ2) is 4.16. The molecule has 0 aliphatic heterocycles. The molecule has 0 atom stereocenters. The van der Waals surface area contributed by atoms with Gasteiger partial charge in [0, 0.05) is 23.8 Å². The zero-order valence-electron chi connectivity index (χ0n) is 10.6. The molecule has 1 fully saturated rings. The lowest BCUT2D eigenvalue weighted by molar-refractivity contribution is 0.0891. The lowest BCUT2D eigenvalue weighted by Gasteiger charge is -2.38. The summed E-state index contributed by atoms with van der Waals surface area (Å²) in [5.74, 6) is 0.0274. The van der Waals surface area contributed by atoms with Gasteiger partial charge < -0.3 is 10.3 Å². The van der Waals surface area contributed by atoms with Gasteiger partial charge in [0.25, 0.3) is 5.91 Å². The fourth-order valence-corrected chi connectivity index (χ4v) is 2.54. The van der Waals surface area contributed by atoms with Crippen LogP contribution in [0.15, 0.2) is 30.5 Å². The van der Waals surface area contributed by atoms with Gasteiger partial charge in [0.2, 0.25) is 0 Å². The topological polar surface area (TPSA) is 44.9 Å². The van der Waals surface area contributed by atoms with Crippen LogP contribution in [0.1, 0.15) is 36.5 Å².